The van der Waals surface area contributed by atoms with Gasteiger partial charge in [0.1, 0.15) is 5.82 Å². The zero-order chi connectivity index (χ0) is 11.7. The molecule has 0 spiro atoms. The molecule has 0 saturated heterocycles. The van der Waals surface area contributed by atoms with E-state index in [2.05, 4.69) is 14.8 Å². The predicted molar refractivity (Wildman–Crippen MR) is 67.2 cm³/mol. The fraction of sp³-hybridized carbons (Fsp3) is 0.385. The minimum absolute atomic E-state index is 0.769. The van der Waals surface area contributed by atoms with E-state index in [9.17, 15) is 0 Å². The Morgan fingerprint density at radius 3 is 2.76 bits per heavy atom. The third-order valence-electron chi connectivity index (χ3n) is 3.09. The Morgan fingerprint density at radius 2 is 2.00 bits per heavy atom. The fourth-order valence-electron chi connectivity index (χ4n) is 2.19. The summed E-state index contributed by atoms with van der Waals surface area (Å²) in [6.45, 7) is 1.02. The molecule has 0 saturated carbocycles. The van der Waals surface area contributed by atoms with Gasteiger partial charge in [0.15, 0.2) is 5.82 Å². The molecule has 0 N–H and O–H groups in total. The van der Waals surface area contributed by atoms with Crippen molar-refractivity contribution in [1.29, 1.82) is 0 Å². The van der Waals surface area contributed by atoms with E-state index in [1.165, 1.54) is 18.4 Å². The second kappa shape index (κ2) is 4.49. The fourth-order valence-corrected chi connectivity index (χ4v) is 2.32. The number of aromatic nitrogens is 3. The molecular formula is C13H14ClN3. The van der Waals surface area contributed by atoms with Crippen LogP contribution in [0.2, 0.25) is 5.02 Å². The van der Waals surface area contributed by atoms with Crippen LogP contribution in [0.4, 0.5) is 0 Å². The third kappa shape index (κ3) is 2.34. The second-order valence-corrected chi connectivity index (χ2v) is 4.86. The highest BCUT2D eigenvalue weighted by atomic mass is 35.5. The molecule has 0 unspecified atom stereocenters. The van der Waals surface area contributed by atoms with Gasteiger partial charge < -0.3 is 0 Å². The Hall–Kier alpha value is -1.35. The molecule has 0 radical (unpaired) electrons. The first-order valence-corrected chi connectivity index (χ1v) is 6.36. The average molecular weight is 248 g/mol. The van der Waals surface area contributed by atoms with Crippen molar-refractivity contribution < 1.29 is 0 Å². The summed E-state index contributed by atoms with van der Waals surface area (Å²) in [5.74, 6) is 2.06. The zero-order valence-corrected chi connectivity index (χ0v) is 10.3. The maximum Gasteiger partial charge on any atom is 0.155 e. The van der Waals surface area contributed by atoms with Crippen molar-refractivity contribution in [3.63, 3.8) is 0 Å². The topological polar surface area (TPSA) is 30.7 Å². The van der Waals surface area contributed by atoms with Gasteiger partial charge in [-0.25, -0.2) is 9.67 Å². The van der Waals surface area contributed by atoms with Gasteiger partial charge in [0, 0.05) is 24.4 Å². The van der Waals surface area contributed by atoms with Gasteiger partial charge in [-0.3, -0.25) is 0 Å². The highest BCUT2D eigenvalue weighted by Gasteiger charge is 2.13. The second-order valence-electron chi connectivity index (χ2n) is 4.43. The first-order chi connectivity index (χ1) is 8.31. The molecule has 3 nitrogen and oxygen atoms in total. The Kier molecular flexibility index (Phi) is 2.85. The van der Waals surface area contributed by atoms with Crippen LogP contribution in [0, 0.1) is 0 Å². The maximum atomic E-state index is 5.86. The van der Waals surface area contributed by atoms with Crippen molar-refractivity contribution in [3.8, 4) is 0 Å². The van der Waals surface area contributed by atoms with Crippen LogP contribution in [0.15, 0.2) is 24.3 Å². The average Bonchev–Trinajstić information content (AvgIpc) is 2.74. The molecule has 0 amide bonds. The molecule has 0 aliphatic carbocycles. The number of nitrogens with zero attached hydrogens (tertiary/aromatic N) is 3. The van der Waals surface area contributed by atoms with E-state index in [0.29, 0.717) is 0 Å². The van der Waals surface area contributed by atoms with Gasteiger partial charge >= 0.3 is 0 Å². The maximum absolute atomic E-state index is 5.86. The van der Waals surface area contributed by atoms with E-state index in [1.54, 1.807) is 0 Å². The van der Waals surface area contributed by atoms with Crippen molar-refractivity contribution in [3.05, 3.63) is 46.5 Å². The number of halogens is 1. The minimum Gasteiger partial charge on any atom is -0.250 e. The highest BCUT2D eigenvalue weighted by Crippen LogP contribution is 2.15. The molecule has 4 heteroatoms. The molecule has 2 aromatic rings. The molecule has 1 aliphatic rings. The van der Waals surface area contributed by atoms with Crippen LogP contribution in [-0.4, -0.2) is 14.8 Å². The van der Waals surface area contributed by atoms with E-state index in [1.807, 2.05) is 24.3 Å². The lowest BCUT2D eigenvalue weighted by molar-refractivity contribution is 0.478. The molecule has 0 atom stereocenters. The monoisotopic (exact) mass is 247 g/mol. The van der Waals surface area contributed by atoms with Gasteiger partial charge in [-0.2, -0.15) is 5.10 Å². The predicted octanol–water partition coefficient (Wildman–Crippen LogP) is 2.86. The van der Waals surface area contributed by atoms with Gasteiger partial charge in [-0.05, 0) is 30.5 Å². The van der Waals surface area contributed by atoms with Crippen LogP contribution in [0.1, 0.15) is 30.1 Å². The largest absolute Gasteiger partial charge is 0.250 e. The number of fused-ring (bicyclic) bond motifs is 1. The Bertz CT molecular complexity index is 492. The van der Waals surface area contributed by atoms with E-state index < -0.39 is 0 Å². The lowest BCUT2D eigenvalue weighted by Crippen LogP contribution is -2.11. The van der Waals surface area contributed by atoms with Crippen LogP contribution in [0.5, 0.6) is 0 Å². The molecule has 17 heavy (non-hydrogen) atoms. The molecule has 2 heterocycles. The summed E-state index contributed by atoms with van der Waals surface area (Å²) in [4.78, 5) is 4.59. The van der Waals surface area contributed by atoms with Crippen molar-refractivity contribution >= 4 is 11.6 Å². The number of hydrogen-bond donors (Lipinski definition) is 0. The lowest BCUT2D eigenvalue weighted by atomic mass is 10.1. The van der Waals surface area contributed by atoms with Crippen LogP contribution in [0.3, 0.4) is 0 Å². The normalized spacial score (nSPS) is 14.6. The first kappa shape index (κ1) is 10.8. The highest BCUT2D eigenvalue weighted by molar-refractivity contribution is 6.30. The molecule has 3 rings (SSSR count). The number of rotatable bonds is 2. The van der Waals surface area contributed by atoms with Gasteiger partial charge in [-0.15, -0.1) is 0 Å². The SMILES string of the molecule is Clc1ccc(Cc2nc3n(n2)CCCC3)cc1. The van der Waals surface area contributed by atoms with E-state index >= 15 is 0 Å². The summed E-state index contributed by atoms with van der Waals surface area (Å²) in [5.41, 5.74) is 1.21. The molecule has 88 valence electrons. The summed E-state index contributed by atoms with van der Waals surface area (Å²) >= 11 is 5.86. The number of benzene rings is 1. The van der Waals surface area contributed by atoms with Gasteiger partial charge in [0.25, 0.3) is 0 Å². The smallest absolute Gasteiger partial charge is 0.155 e. The van der Waals surface area contributed by atoms with Gasteiger partial charge in [0.05, 0.1) is 0 Å². The quantitative estimate of drug-likeness (QED) is 0.817. The number of aryl methyl sites for hydroxylation is 2. The molecule has 0 bridgehead atoms. The molecule has 1 aliphatic heterocycles. The standard InChI is InChI=1S/C13H14ClN3/c14-11-6-4-10(5-7-11)9-12-15-13-3-1-2-8-17(13)16-12/h4-7H,1-3,8-9H2. The molecule has 0 fully saturated rings. The lowest BCUT2D eigenvalue weighted by Gasteiger charge is -2.09. The van der Waals surface area contributed by atoms with Gasteiger partial charge in [-0.1, -0.05) is 23.7 Å². The van der Waals surface area contributed by atoms with Crippen LogP contribution in [-0.2, 0) is 19.4 Å². The van der Waals surface area contributed by atoms with Gasteiger partial charge in [0.2, 0.25) is 0 Å². The Balaban J connectivity index is 1.80. The summed E-state index contributed by atoms with van der Waals surface area (Å²) < 4.78 is 2.05. The summed E-state index contributed by atoms with van der Waals surface area (Å²) in [5, 5.41) is 5.31. The van der Waals surface area contributed by atoms with Crippen molar-refractivity contribution in [2.45, 2.75) is 32.2 Å². The zero-order valence-electron chi connectivity index (χ0n) is 9.56. The van der Waals surface area contributed by atoms with E-state index in [-0.39, 0.29) is 0 Å². The summed E-state index contributed by atoms with van der Waals surface area (Å²) in [6, 6.07) is 7.88. The summed E-state index contributed by atoms with van der Waals surface area (Å²) in [7, 11) is 0. The van der Waals surface area contributed by atoms with Crippen LogP contribution in [0.25, 0.3) is 0 Å². The first-order valence-electron chi connectivity index (χ1n) is 5.98. The molecular weight excluding hydrogens is 234 g/mol. The summed E-state index contributed by atoms with van der Waals surface area (Å²) in [6.07, 6.45) is 4.31. The van der Waals surface area contributed by atoms with Crippen molar-refractivity contribution in [2.75, 3.05) is 0 Å². The Morgan fingerprint density at radius 1 is 1.18 bits per heavy atom. The number of hydrogen-bond acceptors (Lipinski definition) is 2. The van der Waals surface area contributed by atoms with E-state index in [0.717, 1.165) is 36.1 Å². The van der Waals surface area contributed by atoms with Crippen LogP contribution >= 0.6 is 11.6 Å². The Labute approximate surface area is 105 Å². The van der Waals surface area contributed by atoms with E-state index in [4.69, 9.17) is 11.6 Å². The molecule has 1 aromatic carbocycles. The third-order valence-corrected chi connectivity index (χ3v) is 3.34. The van der Waals surface area contributed by atoms with Crippen molar-refractivity contribution in [2.24, 2.45) is 0 Å². The van der Waals surface area contributed by atoms with Crippen molar-refractivity contribution in [1.82, 2.24) is 14.8 Å². The minimum atomic E-state index is 0.769. The van der Waals surface area contributed by atoms with Crippen LogP contribution < -0.4 is 0 Å². The molecule has 1 aromatic heterocycles.